The highest BCUT2D eigenvalue weighted by Gasteiger charge is 2.22. The Labute approximate surface area is 191 Å². The molecule has 1 heterocycles. The Morgan fingerprint density at radius 2 is 1.29 bits per heavy atom. The Morgan fingerprint density at radius 1 is 0.871 bits per heavy atom. The molecule has 4 aliphatic rings. The predicted molar refractivity (Wildman–Crippen MR) is 129 cm³/mol. The molecule has 0 atom stereocenters. The summed E-state index contributed by atoms with van der Waals surface area (Å²) in [6.45, 7) is 9.68. The Kier molecular flexibility index (Phi) is 19.0. The molecule has 8 N–H and O–H groups in total. The third-order valence-electron chi connectivity index (χ3n) is 5.64. The van der Waals surface area contributed by atoms with Crippen LogP contribution >= 0.6 is 0 Å². The molecule has 31 heavy (non-hydrogen) atoms. The zero-order valence-electron chi connectivity index (χ0n) is 20.5. The summed E-state index contributed by atoms with van der Waals surface area (Å²) in [5, 5.41) is 29.0. The van der Waals surface area contributed by atoms with Crippen molar-refractivity contribution in [3.05, 3.63) is 0 Å². The average Bonchev–Trinajstić information content (AvgIpc) is 3.32. The summed E-state index contributed by atoms with van der Waals surface area (Å²) in [7, 11) is 0. The van der Waals surface area contributed by atoms with Gasteiger partial charge in [-0.2, -0.15) is 0 Å². The summed E-state index contributed by atoms with van der Waals surface area (Å²) in [6.07, 6.45) is 13.6. The van der Waals surface area contributed by atoms with Crippen LogP contribution in [-0.2, 0) is 4.74 Å². The lowest BCUT2D eigenvalue weighted by Crippen LogP contribution is -2.39. The lowest BCUT2D eigenvalue weighted by Gasteiger charge is -2.26. The summed E-state index contributed by atoms with van der Waals surface area (Å²) >= 11 is 0. The summed E-state index contributed by atoms with van der Waals surface area (Å²) in [5.74, 6) is 0.860. The van der Waals surface area contributed by atoms with Gasteiger partial charge in [-0.1, -0.05) is 39.0 Å². The largest absolute Gasteiger partial charge is 0.394 e. The molecule has 0 bridgehead atoms. The molecule has 7 nitrogen and oxygen atoms in total. The standard InChI is InChI=1S/C7H14O.C5H10.2C4H9NO.C4H11NO/c1-6-2-4-7(8)5-3-6;1-2-4-5-3-1;1-3-6-4-2-5-1;5-3-1-4(6)2-3;1-4(2,5)3-6/h6-8H,2-5H2,1H3;1-5H2;5H,1-4H2;3-4,6H,1-2,5H2;6H,3,5H2,1-2H3. The van der Waals surface area contributed by atoms with Gasteiger partial charge in [-0.25, -0.2) is 0 Å². The van der Waals surface area contributed by atoms with E-state index < -0.39 is 5.54 Å². The minimum atomic E-state index is -0.403. The second kappa shape index (κ2) is 19.2. The molecule has 4 rings (SSSR count). The molecule has 0 amide bonds. The van der Waals surface area contributed by atoms with Gasteiger partial charge < -0.3 is 36.8 Å². The number of aliphatic hydroxyl groups is 3. The van der Waals surface area contributed by atoms with Crippen LogP contribution in [0.5, 0.6) is 0 Å². The number of aliphatic hydroxyl groups excluding tert-OH is 3. The van der Waals surface area contributed by atoms with Crippen LogP contribution in [0.2, 0.25) is 0 Å². The van der Waals surface area contributed by atoms with Gasteiger partial charge in [0, 0.05) is 24.7 Å². The minimum Gasteiger partial charge on any atom is -0.394 e. The minimum absolute atomic E-state index is 0.0196. The van der Waals surface area contributed by atoms with Crippen molar-refractivity contribution < 1.29 is 20.1 Å². The van der Waals surface area contributed by atoms with E-state index in [-0.39, 0.29) is 18.8 Å². The van der Waals surface area contributed by atoms with E-state index in [1.807, 2.05) is 0 Å². The molecule has 1 saturated heterocycles. The predicted octanol–water partition coefficient (Wildman–Crippen LogP) is 2.30. The van der Waals surface area contributed by atoms with Crippen LogP contribution in [0.1, 0.15) is 91.4 Å². The second-order valence-corrected chi connectivity index (χ2v) is 10.1. The van der Waals surface area contributed by atoms with Crippen LogP contribution < -0.4 is 16.8 Å². The fourth-order valence-corrected chi connectivity index (χ4v) is 3.27. The van der Waals surface area contributed by atoms with Crippen molar-refractivity contribution in [2.24, 2.45) is 17.4 Å². The first-order chi connectivity index (χ1) is 14.6. The highest BCUT2D eigenvalue weighted by Crippen LogP contribution is 2.22. The van der Waals surface area contributed by atoms with Crippen LogP contribution in [0.25, 0.3) is 0 Å². The van der Waals surface area contributed by atoms with E-state index in [0.717, 1.165) is 57.9 Å². The molecule has 3 aliphatic carbocycles. The van der Waals surface area contributed by atoms with Gasteiger partial charge in [0.05, 0.1) is 32.0 Å². The van der Waals surface area contributed by atoms with Crippen molar-refractivity contribution in [1.82, 2.24) is 5.32 Å². The van der Waals surface area contributed by atoms with Crippen LogP contribution in [0, 0.1) is 5.92 Å². The molecule has 0 aromatic carbocycles. The van der Waals surface area contributed by atoms with Crippen molar-refractivity contribution in [3.8, 4) is 0 Å². The van der Waals surface area contributed by atoms with Crippen LogP contribution in [0.15, 0.2) is 0 Å². The van der Waals surface area contributed by atoms with Crippen molar-refractivity contribution in [1.29, 1.82) is 0 Å². The normalized spacial score (nSPS) is 29.8. The molecule has 0 unspecified atom stereocenters. The van der Waals surface area contributed by atoms with E-state index in [0.29, 0.717) is 6.04 Å². The molecule has 3 saturated carbocycles. The molecule has 7 heteroatoms. The molecule has 0 radical (unpaired) electrons. The van der Waals surface area contributed by atoms with E-state index in [2.05, 4.69) is 12.2 Å². The molecular weight excluding hydrogens is 394 g/mol. The van der Waals surface area contributed by atoms with Crippen molar-refractivity contribution in [2.75, 3.05) is 32.9 Å². The van der Waals surface area contributed by atoms with Gasteiger partial charge in [-0.15, -0.1) is 0 Å². The smallest absolute Gasteiger partial charge is 0.0605 e. The van der Waals surface area contributed by atoms with Gasteiger partial charge in [0.15, 0.2) is 0 Å². The maximum atomic E-state index is 9.03. The summed E-state index contributed by atoms with van der Waals surface area (Å²) in [5.41, 5.74) is 10.2. The van der Waals surface area contributed by atoms with Gasteiger partial charge >= 0.3 is 0 Å². The highest BCUT2D eigenvalue weighted by atomic mass is 16.5. The lowest BCUT2D eigenvalue weighted by molar-refractivity contribution is 0.0770. The van der Waals surface area contributed by atoms with Gasteiger partial charge in [0.25, 0.3) is 0 Å². The van der Waals surface area contributed by atoms with E-state index in [9.17, 15) is 0 Å². The SMILES string of the molecule is C1CCCC1.C1COCCN1.CC(C)(N)CO.CC1CCC(O)CC1.NC1CC(O)C1. The lowest BCUT2D eigenvalue weighted by atomic mass is 9.89. The van der Waals surface area contributed by atoms with E-state index in [1.54, 1.807) is 13.8 Å². The van der Waals surface area contributed by atoms with Gasteiger partial charge in [-0.3, -0.25) is 0 Å². The fourth-order valence-electron chi connectivity index (χ4n) is 3.27. The van der Waals surface area contributed by atoms with Crippen LogP contribution in [0.4, 0.5) is 0 Å². The fraction of sp³-hybridized carbons (Fsp3) is 1.00. The third-order valence-corrected chi connectivity index (χ3v) is 5.64. The number of hydrogen-bond donors (Lipinski definition) is 6. The first-order valence-electron chi connectivity index (χ1n) is 12.4. The molecule has 1 aliphatic heterocycles. The Hall–Kier alpha value is -0.280. The Bertz CT molecular complexity index is 336. The van der Waals surface area contributed by atoms with Gasteiger partial charge in [0.2, 0.25) is 0 Å². The summed E-state index contributed by atoms with van der Waals surface area (Å²) in [4.78, 5) is 0. The number of nitrogens with two attached hydrogens (primary N) is 2. The van der Waals surface area contributed by atoms with E-state index >= 15 is 0 Å². The van der Waals surface area contributed by atoms with E-state index in [1.165, 1.54) is 44.9 Å². The molecule has 0 aromatic rings. The number of morpholine rings is 1. The zero-order valence-corrected chi connectivity index (χ0v) is 20.5. The number of nitrogens with one attached hydrogen (secondary N) is 1. The third kappa shape index (κ3) is 22.7. The maximum absolute atomic E-state index is 9.03. The average molecular weight is 448 g/mol. The molecule has 4 fully saturated rings. The van der Waals surface area contributed by atoms with Crippen molar-refractivity contribution in [3.63, 3.8) is 0 Å². The van der Waals surface area contributed by atoms with Gasteiger partial charge in [-0.05, 0) is 58.3 Å². The summed E-state index contributed by atoms with van der Waals surface area (Å²) < 4.78 is 5.01. The van der Waals surface area contributed by atoms with E-state index in [4.69, 9.17) is 31.5 Å². The van der Waals surface area contributed by atoms with Crippen LogP contribution in [0.3, 0.4) is 0 Å². The zero-order chi connectivity index (χ0) is 23.5. The van der Waals surface area contributed by atoms with Crippen molar-refractivity contribution in [2.45, 2.75) is 115 Å². The number of ether oxygens (including phenoxy) is 1. The molecule has 0 spiro atoms. The molecule has 188 valence electrons. The molecular formula is C24H53N3O4. The number of hydrogen-bond acceptors (Lipinski definition) is 7. The first-order valence-corrected chi connectivity index (χ1v) is 12.4. The monoisotopic (exact) mass is 447 g/mol. The summed E-state index contributed by atoms with van der Waals surface area (Å²) in [6, 6.07) is 0.292. The highest BCUT2D eigenvalue weighted by molar-refractivity contribution is 4.80. The first kappa shape index (κ1) is 30.7. The second-order valence-electron chi connectivity index (χ2n) is 10.1. The van der Waals surface area contributed by atoms with Crippen molar-refractivity contribution >= 4 is 0 Å². The van der Waals surface area contributed by atoms with Crippen LogP contribution in [-0.4, -0.2) is 72.0 Å². The topological polar surface area (TPSA) is 134 Å². The van der Waals surface area contributed by atoms with Gasteiger partial charge in [0.1, 0.15) is 0 Å². The molecule has 0 aromatic heterocycles. The maximum Gasteiger partial charge on any atom is 0.0605 e. The quantitative estimate of drug-likeness (QED) is 0.363. The Balaban J connectivity index is 0.000000366. The number of rotatable bonds is 1. The Morgan fingerprint density at radius 3 is 1.45 bits per heavy atom.